The van der Waals surface area contributed by atoms with Crippen LogP contribution >= 0.6 is 0 Å². The monoisotopic (exact) mass is 248 g/mol. The van der Waals surface area contributed by atoms with E-state index in [1.54, 1.807) is 7.11 Å². The van der Waals surface area contributed by atoms with Gasteiger partial charge in [0.15, 0.2) is 0 Å². The molecule has 18 heavy (non-hydrogen) atoms. The van der Waals surface area contributed by atoms with Crippen LogP contribution in [0.5, 0.6) is 5.75 Å². The Morgan fingerprint density at radius 3 is 3.11 bits per heavy atom. The maximum Gasteiger partial charge on any atom is 0.120 e. The molecule has 2 rings (SSSR count). The lowest BCUT2D eigenvalue weighted by Gasteiger charge is -2.19. The zero-order chi connectivity index (χ0) is 12.8. The lowest BCUT2D eigenvalue weighted by molar-refractivity contribution is 0.415. The van der Waals surface area contributed by atoms with Crippen molar-refractivity contribution < 1.29 is 4.74 Å². The minimum absolute atomic E-state index is 0.851. The molecule has 0 spiro atoms. The topological polar surface area (TPSA) is 24.5 Å². The van der Waals surface area contributed by atoms with E-state index in [0.29, 0.717) is 0 Å². The van der Waals surface area contributed by atoms with E-state index in [1.165, 1.54) is 38.0 Å². The summed E-state index contributed by atoms with van der Waals surface area (Å²) in [5, 5.41) is 3.22. The Morgan fingerprint density at radius 2 is 2.33 bits per heavy atom. The van der Waals surface area contributed by atoms with E-state index >= 15 is 0 Å². The molecule has 0 amide bonds. The molecule has 1 fully saturated rings. The highest BCUT2D eigenvalue weighted by Crippen LogP contribution is 2.28. The second-order valence-corrected chi connectivity index (χ2v) is 5.05. The third-order valence-corrected chi connectivity index (χ3v) is 3.74. The van der Waals surface area contributed by atoms with E-state index in [4.69, 9.17) is 4.74 Å². The SMILES string of the molecule is CNCCCC1CCN(c2cccc(OC)c2)C1. The first kappa shape index (κ1) is 13.2. The first-order chi connectivity index (χ1) is 8.83. The molecule has 1 aromatic rings. The molecule has 1 N–H and O–H groups in total. The van der Waals surface area contributed by atoms with Gasteiger partial charge in [0.1, 0.15) is 5.75 Å². The quantitative estimate of drug-likeness (QED) is 0.783. The van der Waals surface area contributed by atoms with E-state index in [0.717, 1.165) is 18.2 Å². The van der Waals surface area contributed by atoms with E-state index in [2.05, 4.69) is 28.4 Å². The first-order valence-electron chi connectivity index (χ1n) is 6.87. The van der Waals surface area contributed by atoms with Gasteiger partial charge in [0.2, 0.25) is 0 Å². The van der Waals surface area contributed by atoms with Gasteiger partial charge in [-0.3, -0.25) is 0 Å². The molecule has 1 aliphatic rings. The predicted octanol–water partition coefficient (Wildman–Crippen LogP) is 2.52. The van der Waals surface area contributed by atoms with Crippen LogP contribution in [-0.4, -0.2) is 33.8 Å². The minimum atomic E-state index is 0.851. The van der Waals surface area contributed by atoms with Gasteiger partial charge in [-0.25, -0.2) is 0 Å². The summed E-state index contributed by atoms with van der Waals surface area (Å²) in [5.74, 6) is 1.80. The summed E-state index contributed by atoms with van der Waals surface area (Å²) in [6.07, 6.45) is 3.94. The van der Waals surface area contributed by atoms with Crippen LogP contribution in [0.1, 0.15) is 19.3 Å². The smallest absolute Gasteiger partial charge is 0.120 e. The summed E-state index contributed by atoms with van der Waals surface area (Å²) in [6, 6.07) is 8.39. The Kier molecular flexibility index (Phi) is 4.88. The number of benzene rings is 1. The molecule has 1 saturated heterocycles. The van der Waals surface area contributed by atoms with Crippen molar-refractivity contribution in [3.05, 3.63) is 24.3 Å². The first-order valence-corrected chi connectivity index (χ1v) is 6.87. The average Bonchev–Trinajstić information content (AvgIpc) is 2.88. The lowest BCUT2D eigenvalue weighted by atomic mass is 10.0. The minimum Gasteiger partial charge on any atom is -0.497 e. The molecule has 3 nitrogen and oxygen atoms in total. The molecular formula is C15H24N2O. The zero-order valence-electron chi connectivity index (χ0n) is 11.5. The van der Waals surface area contributed by atoms with Gasteiger partial charge in [0, 0.05) is 24.8 Å². The number of ether oxygens (including phenoxy) is 1. The molecule has 3 heteroatoms. The fourth-order valence-corrected chi connectivity index (χ4v) is 2.68. The number of methoxy groups -OCH3 is 1. The summed E-state index contributed by atoms with van der Waals surface area (Å²) in [6.45, 7) is 3.50. The van der Waals surface area contributed by atoms with Crippen LogP contribution in [0.2, 0.25) is 0 Å². The van der Waals surface area contributed by atoms with Crippen LogP contribution in [0.4, 0.5) is 5.69 Å². The Bertz CT molecular complexity index is 367. The van der Waals surface area contributed by atoms with E-state index < -0.39 is 0 Å². The molecular weight excluding hydrogens is 224 g/mol. The van der Waals surface area contributed by atoms with Crippen molar-refractivity contribution in [3.8, 4) is 5.75 Å². The second kappa shape index (κ2) is 6.64. The number of nitrogens with zero attached hydrogens (tertiary/aromatic N) is 1. The summed E-state index contributed by atoms with van der Waals surface area (Å²) in [7, 11) is 3.75. The number of hydrogen-bond acceptors (Lipinski definition) is 3. The lowest BCUT2D eigenvalue weighted by Crippen LogP contribution is -2.20. The molecule has 100 valence electrons. The van der Waals surface area contributed by atoms with Crippen molar-refractivity contribution in [2.24, 2.45) is 5.92 Å². The van der Waals surface area contributed by atoms with E-state index in [1.807, 2.05) is 13.1 Å². The Labute approximate surface area is 110 Å². The van der Waals surface area contributed by atoms with Crippen LogP contribution in [0.3, 0.4) is 0 Å². The average molecular weight is 248 g/mol. The van der Waals surface area contributed by atoms with Crippen LogP contribution in [0.15, 0.2) is 24.3 Å². The van der Waals surface area contributed by atoms with Gasteiger partial charge in [0.25, 0.3) is 0 Å². The number of nitrogens with one attached hydrogen (secondary N) is 1. The Balaban J connectivity index is 1.87. The van der Waals surface area contributed by atoms with E-state index in [9.17, 15) is 0 Å². The van der Waals surface area contributed by atoms with Gasteiger partial charge < -0.3 is 15.0 Å². The number of hydrogen-bond donors (Lipinski definition) is 1. The normalized spacial score (nSPS) is 19.2. The maximum atomic E-state index is 5.29. The summed E-state index contributed by atoms with van der Waals surface area (Å²) in [5.41, 5.74) is 1.30. The van der Waals surface area contributed by atoms with Gasteiger partial charge in [-0.05, 0) is 50.9 Å². The molecule has 0 aliphatic carbocycles. The Hall–Kier alpha value is -1.22. The number of anilines is 1. The van der Waals surface area contributed by atoms with Crippen molar-refractivity contribution in [2.75, 3.05) is 38.7 Å². The molecule has 0 bridgehead atoms. The third-order valence-electron chi connectivity index (χ3n) is 3.74. The van der Waals surface area contributed by atoms with Crippen molar-refractivity contribution in [2.45, 2.75) is 19.3 Å². The molecule has 1 heterocycles. The largest absolute Gasteiger partial charge is 0.497 e. The fourth-order valence-electron chi connectivity index (χ4n) is 2.68. The third kappa shape index (κ3) is 3.39. The van der Waals surface area contributed by atoms with Gasteiger partial charge in [0.05, 0.1) is 7.11 Å². The van der Waals surface area contributed by atoms with Crippen LogP contribution in [0.25, 0.3) is 0 Å². The van der Waals surface area contributed by atoms with Gasteiger partial charge in [-0.15, -0.1) is 0 Å². The van der Waals surface area contributed by atoms with Crippen LogP contribution in [0, 0.1) is 5.92 Å². The van der Waals surface area contributed by atoms with Crippen LogP contribution in [-0.2, 0) is 0 Å². The van der Waals surface area contributed by atoms with Crippen molar-refractivity contribution >= 4 is 5.69 Å². The molecule has 1 atom stereocenters. The Morgan fingerprint density at radius 1 is 1.44 bits per heavy atom. The van der Waals surface area contributed by atoms with Crippen molar-refractivity contribution in [3.63, 3.8) is 0 Å². The fraction of sp³-hybridized carbons (Fsp3) is 0.600. The number of rotatable bonds is 6. The molecule has 1 aromatic carbocycles. The standard InChI is InChI=1S/C15H24N2O/c1-16-9-4-5-13-8-10-17(12-13)14-6-3-7-15(11-14)18-2/h3,6-7,11,13,16H,4-5,8-10,12H2,1-2H3. The predicted molar refractivity (Wildman–Crippen MR) is 76.5 cm³/mol. The summed E-state index contributed by atoms with van der Waals surface area (Å²) >= 11 is 0. The molecule has 1 unspecified atom stereocenters. The second-order valence-electron chi connectivity index (χ2n) is 5.05. The van der Waals surface area contributed by atoms with Gasteiger partial charge >= 0.3 is 0 Å². The highest BCUT2D eigenvalue weighted by molar-refractivity contribution is 5.51. The van der Waals surface area contributed by atoms with Crippen molar-refractivity contribution in [1.82, 2.24) is 5.32 Å². The summed E-state index contributed by atoms with van der Waals surface area (Å²) in [4.78, 5) is 2.48. The summed E-state index contributed by atoms with van der Waals surface area (Å²) < 4.78 is 5.29. The van der Waals surface area contributed by atoms with E-state index in [-0.39, 0.29) is 0 Å². The highest BCUT2D eigenvalue weighted by atomic mass is 16.5. The maximum absolute atomic E-state index is 5.29. The molecule has 0 saturated carbocycles. The molecule has 0 radical (unpaired) electrons. The highest BCUT2D eigenvalue weighted by Gasteiger charge is 2.22. The molecule has 0 aromatic heterocycles. The zero-order valence-corrected chi connectivity index (χ0v) is 11.5. The van der Waals surface area contributed by atoms with Gasteiger partial charge in [-0.1, -0.05) is 6.07 Å². The van der Waals surface area contributed by atoms with Crippen LogP contribution < -0.4 is 15.0 Å². The van der Waals surface area contributed by atoms with Crippen molar-refractivity contribution in [1.29, 1.82) is 0 Å². The van der Waals surface area contributed by atoms with Gasteiger partial charge in [-0.2, -0.15) is 0 Å². The molecule has 1 aliphatic heterocycles.